The van der Waals surface area contributed by atoms with E-state index in [9.17, 15) is 27.9 Å². The highest BCUT2D eigenvalue weighted by molar-refractivity contribution is 5.90. The summed E-state index contributed by atoms with van der Waals surface area (Å²) in [6.07, 6.45) is -3.07. The van der Waals surface area contributed by atoms with Gasteiger partial charge in [-0.15, -0.1) is 5.10 Å². The summed E-state index contributed by atoms with van der Waals surface area (Å²) in [5.74, 6) is -0.796. The summed E-state index contributed by atoms with van der Waals surface area (Å²) in [5.41, 5.74) is -1.17. The van der Waals surface area contributed by atoms with Crippen LogP contribution in [0.15, 0.2) is 24.5 Å². The van der Waals surface area contributed by atoms with E-state index < -0.39 is 41.2 Å². The van der Waals surface area contributed by atoms with Crippen molar-refractivity contribution in [3.05, 3.63) is 30.1 Å². The fraction of sp³-hybridized carbons (Fsp3) is 0.550. The second-order valence-corrected chi connectivity index (χ2v) is 8.79. The summed E-state index contributed by atoms with van der Waals surface area (Å²) < 4.78 is 39.7. The number of aliphatic hydroxyl groups excluding tert-OH is 1. The number of likely N-dealkylation sites (N-methyl/N-ethyl adjacent to an activating group) is 1. The molecule has 0 radical (unpaired) electrons. The molecule has 2 N–H and O–H groups in total. The van der Waals surface area contributed by atoms with Gasteiger partial charge in [-0.1, -0.05) is 26.0 Å². The van der Waals surface area contributed by atoms with Crippen LogP contribution in [0.1, 0.15) is 38.8 Å². The van der Waals surface area contributed by atoms with Crippen molar-refractivity contribution in [1.29, 1.82) is 0 Å². The molecule has 12 heteroatoms. The van der Waals surface area contributed by atoms with Crippen molar-refractivity contribution >= 4 is 11.8 Å². The van der Waals surface area contributed by atoms with Crippen LogP contribution < -0.4 is 5.32 Å². The van der Waals surface area contributed by atoms with Gasteiger partial charge in [0.15, 0.2) is 0 Å². The molecule has 174 valence electrons. The van der Waals surface area contributed by atoms with E-state index in [4.69, 9.17) is 0 Å². The molecule has 3 heterocycles. The molecular weight excluding hydrogens is 429 g/mol. The van der Waals surface area contributed by atoms with Crippen molar-refractivity contribution in [3.63, 3.8) is 0 Å². The molecule has 1 aliphatic heterocycles. The number of nitrogens with zero attached hydrogens (tertiary/aromatic N) is 5. The van der Waals surface area contributed by atoms with Crippen LogP contribution in [0.2, 0.25) is 0 Å². The maximum atomic E-state index is 13.5. The molecule has 2 amide bonds. The van der Waals surface area contributed by atoms with Crippen molar-refractivity contribution in [2.75, 3.05) is 13.6 Å². The van der Waals surface area contributed by atoms with E-state index in [1.165, 1.54) is 28.9 Å². The number of hydrogen-bond donors (Lipinski definition) is 2. The molecule has 9 nitrogen and oxygen atoms in total. The monoisotopic (exact) mass is 454 g/mol. The Hall–Kier alpha value is -3.02. The smallest absolute Gasteiger partial charge is 0.391 e. The first-order valence-corrected chi connectivity index (χ1v) is 9.98. The number of amides is 2. The number of β-amino-alcohol motifs (C(OH)–C–C–N with tert-alkyl or cyclic N) is 1. The molecule has 3 atom stereocenters. The minimum absolute atomic E-state index is 0.00547. The fourth-order valence-electron chi connectivity index (χ4n) is 3.74. The van der Waals surface area contributed by atoms with Crippen molar-refractivity contribution in [2.24, 2.45) is 5.41 Å². The third-order valence-corrected chi connectivity index (χ3v) is 5.29. The lowest BCUT2D eigenvalue weighted by atomic mass is 9.85. The molecule has 2 aromatic heterocycles. The number of halogens is 3. The van der Waals surface area contributed by atoms with Gasteiger partial charge in [-0.05, 0) is 17.5 Å². The van der Waals surface area contributed by atoms with E-state index >= 15 is 0 Å². The number of alkyl halides is 3. The predicted molar refractivity (Wildman–Crippen MR) is 107 cm³/mol. The van der Waals surface area contributed by atoms with Gasteiger partial charge in [-0.3, -0.25) is 14.6 Å². The number of carbonyl (C=O) groups excluding carboxylic acids is 2. The van der Waals surface area contributed by atoms with E-state index in [0.29, 0.717) is 6.20 Å². The van der Waals surface area contributed by atoms with E-state index in [2.05, 4.69) is 20.6 Å². The van der Waals surface area contributed by atoms with Gasteiger partial charge in [0, 0.05) is 26.2 Å². The van der Waals surface area contributed by atoms with Gasteiger partial charge in [-0.25, -0.2) is 4.68 Å². The van der Waals surface area contributed by atoms with Gasteiger partial charge in [0.1, 0.15) is 17.8 Å². The number of aliphatic hydroxyl groups is 1. The van der Waals surface area contributed by atoms with Gasteiger partial charge in [0.25, 0.3) is 0 Å². The number of carbonyl (C=O) groups is 2. The van der Waals surface area contributed by atoms with Crippen molar-refractivity contribution in [1.82, 2.24) is 30.2 Å². The molecule has 0 saturated carbocycles. The van der Waals surface area contributed by atoms with Gasteiger partial charge >= 0.3 is 6.18 Å². The lowest BCUT2D eigenvalue weighted by Gasteiger charge is -2.34. The standard InChI is InChI=1S/C20H25F3N6O3/c1-19(2,3)16(18(32)28-9-12(30)7-15(28)17(31)24-4)29-10-14(26-27-29)13-6-5-11(8-25-13)20(21,22)23/h5-6,8,10,12,15-16,30H,7,9H2,1-4H3,(H,24,31)/t12?,15-,16?/m1/s1. The summed E-state index contributed by atoms with van der Waals surface area (Å²) in [5, 5.41) is 20.6. The topological polar surface area (TPSA) is 113 Å². The van der Waals surface area contributed by atoms with Gasteiger partial charge in [-0.2, -0.15) is 13.2 Å². The normalized spacial score (nSPS) is 20.3. The summed E-state index contributed by atoms with van der Waals surface area (Å²) in [7, 11) is 1.46. The Bertz CT molecular complexity index is 984. The molecule has 0 spiro atoms. The Balaban J connectivity index is 1.92. The van der Waals surface area contributed by atoms with Gasteiger partial charge < -0.3 is 15.3 Å². The third kappa shape index (κ3) is 4.74. The largest absolute Gasteiger partial charge is 0.417 e. The third-order valence-electron chi connectivity index (χ3n) is 5.29. The number of hydrogen-bond acceptors (Lipinski definition) is 6. The van der Waals surface area contributed by atoms with Crippen molar-refractivity contribution in [3.8, 4) is 11.4 Å². The second-order valence-electron chi connectivity index (χ2n) is 8.79. The van der Waals surface area contributed by atoms with E-state index in [1.54, 1.807) is 0 Å². The predicted octanol–water partition coefficient (Wildman–Crippen LogP) is 1.65. The molecule has 2 aromatic rings. The van der Waals surface area contributed by atoms with Crippen LogP contribution in [-0.2, 0) is 15.8 Å². The maximum absolute atomic E-state index is 13.5. The minimum atomic E-state index is -4.51. The average molecular weight is 454 g/mol. The summed E-state index contributed by atoms with van der Waals surface area (Å²) >= 11 is 0. The highest BCUT2D eigenvalue weighted by atomic mass is 19.4. The number of pyridine rings is 1. The summed E-state index contributed by atoms with van der Waals surface area (Å²) in [6.45, 7) is 5.45. The zero-order valence-corrected chi connectivity index (χ0v) is 18.1. The van der Waals surface area contributed by atoms with E-state index in [-0.39, 0.29) is 30.3 Å². The van der Waals surface area contributed by atoms with Crippen LogP contribution >= 0.6 is 0 Å². The maximum Gasteiger partial charge on any atom is 0.417 e. The first-order valence-electron chi connectivity index (χ1n) is 9.98. The molecular formula is C20H25F3N6O3. The summed E-state index contributed by atoms with van der Waals surface area (Å²) in [4.78, 5) is 30.8. The number of aromatic nitrogens is 4. The zero-order chi connectivity index (χ0) is 23.8. The molecule has 1 saturated heterocycles. The SMILES string of the molecule is CNC(=O)[C@H]1CC(O)CN1C(=O)C(n1cc(-c2ccc(C(F)(F)F)cn2)nn1)C(C)(C)C. The first-order chi connectivity index (χ1) is 14.8. The van der Waals surface area contributed by atoms with Crippen LogP contribution in [0.4, 0.5) is 13.2 Å². The van der Waals surface area contributed by atoms with Crippen LogP contribution in [0.3, 0.4) is 0 Å². The number of likely N-dealkylation sites (tertiary alicyclic amines) is 1. The van der Waals surface area contributed by atoms with Crippen LogP contribution in [0, 0.1) is 5.41 Å². The van der Waals surface area contributed by atoms with Crippen molar-refractivity contribution < 1.29 is 27.9 Å². The molecule has 2 unspecified atom stereocenters. The highest BCUT2D eigenvalue weighted by Crippen LogP contribution is 2.35. The van der Waals surface area contributed by atoms with Crippen LogP contribution in [0.5, 0.6) is 0 Å². The number of rotatable bonds is 4. The lowest BCUT2D eigenvalue weighted by molar-refractivity contribution is -0.144. The molecule has 1 aliphatic rings. The molecule has 0 aliphatic carbocycles. The Kier molecular flexibility index (Phi) is 6.27. The molecule has 3 rings (SSSR count). The van der Waals surface area contributed by atoms with Crippen molar-refractivity contribution in [2.45, 2.75) is 51.6 Å². The quantitative estimate of drug-likeness (QED) is 0.727. The fourth-order valence-corrected chi connectivity index (χ4v) is 3.74. The molecule has 0 aromatic carbocycles. The minimum Gasteiger partial charge on any atom is -0.391 e. The number of nitrogens with one attached hydrogen (secondary N) is 1. The Morgan fingerprint density at radius 3 is 2.44 bits per heavy atom. The van der Waals surface area contributed by atoms with Gasteiger partial charge in [0.05, 0.1) is 23.6 Å². The first kappa shape index (κ1) is 23.6. The Morgan fingerprint density at radius 2 is 1.91 bits per heavy atom. The summed E-state index contributed by atoms with van der Waals surface area (Å²) in [6, 6.07) is 0.388. The average Bonchev–Trinajstić information content (AvgIpc) is 3.33. The Labute approximate surface area is 182 Å². The zero-order valence-electron chi connectivity index (χ0n) is 18.1. The Morgan fingerprint density at radius 1 is 1.22 bits per heavy atom. The molecule has 32 heavy (non-hydrogen) atoms. The molecule has 1 fully saturated rings. The lowest BCUT2D eigenvalue weighted by Crippen LogP contribution is -2.49. The van der Waals surface area contributed by atoms with Crippen LogP contribution in [-0.4, -0.2) is 67.5 Å². The van der Waals surface area contributed by atoms with E-state index in [1.807, 2.05) is 20.8 Å². The highest BCUT2D eigenvalue weighted by Gasteiger charge is 2.45. The second kappa shape index (κ2) is 8.49. The van der Waals surface area contributed by atoms with Crippen LogP contribution in [0.25, 0.3) is 11.4 Å². The molecule has 0 bridgehead atoms. The van der Waals surface area contributed by atoms with Gasteiger partial charge in [0.2, 0.25) is 11.8 Å². The van der Waals surface area contributed by atoms with E-state index in [0.717, 1.165) is 6.07 Å².